The average molecular weight is 589 g/mol. The van der Waals surface area contributed by atoms with Crippen molar-refractivity contribution in [2.45, 2.75) is 0 Å². The van der Waals surface area contributed by atoms with E-state index in [9.17, 15) is 0 Å². The summed E-state index contributed by atoms with van der Waals surface area (Å²) in [6.07, 6.45) is 0. The Morgan fingerprint density at radius 1 is 0.556 bits per heavy atom. The van der Waals surface area contributed by atoms with E-state index in [1.165, 1.54) is 0 Å². The molecule has 0 aromatic rings. The Labute approximate surface area is 168 Å². The number of rotatable bonds is 0. The third-order valence-corrected chi connectivity index (χ3v) is 0. The summed E-state index contributed by atoms with van der Waals surface area (Å²) in [5.41, 5.74) is 0. The SMILES string of the molecule is [Cl][Al]([Cl])[Cl].[Zr].[Zr].[Zr].[Zr].[Zr]. The molecule has 0 unspecified atom stereocenters. The minimum absolute atomic E-state index is 0. The quantitative estimate of drug-likeness (QED) is 0.378. The molecule has 0 saturated carbocycles. The van der Waals surface area contributed by atoms with E-state index in [4.69, 9.17) is 30.1 Å². The summed E-state index contributed by atoms with van der Waals surface area (Å²) in [5, 5.41) is 0. The molecule has 44 valence electrons. The van der Waals surface area contributed by atoms with Crippen LogP contribution in [0.2, 0.25) is 0 Å². The van der Waals surface area contributed by atoms with Crippen molar-refractivity contribution in [3.63, 3.8) is 0 Å². The van der Waals surface area contributed by atoms with Crippen LogP contribution < -0.4 is 0 Å². The van der Waals surface area contributed by atoms with E-state index in [1.54, 1.807) is 0 Å². The first-order chi connectivity index (χ1) is 1.73. The molecule has 0 aliphatic heterocycles. The number of hydrogen-bond donors (Lipinski definition) is 0. The third-order valence-electron chi connectivity index (χ3n) is 0. The van der Waals surface area contributed by atoms with Crippen molar-refractivity contribution in [2.24, 2.45) is 0 Å². The van der Waals surface area contributed by atoms with E-state index in [-0.39, 0.29) is 131 Å². The van der Waals surface area contributed by atoms with Crippen LogP contribution in [0.5, 0.6) is 0 Å². The van der Waals surface area contributed by atoms with Crippen LogP contribution in [0.15, 0.2) is 0 Å². The predicted octanol–water partition coefficient (Wildman–Crippen LogP) is 1.68. The van der Waals surface area contributed by atoms with Crippen molar-refractivity contribution in [2.75, 3.05) is 0 Å². The maximum absolute atomic E-state index is 4.94. The summed E-state index contributed by atoms with van der Waals surface area (Å²) in [7, 11) is 14.8. The first-order valence-electron chi connectivity index (χ1n) is 0.655. The Morgan fingerprint density at radius 3 is 0.556 bits per heavy atom. The molecule has 0 nitrogen and oxygen atoms in total. The zero-order valence-corrected chi connectivity index (χ0v) is 19.9. The average Bonchev–Trinajstić information content (AvgIpc) is 0.811. The van der Waals surface area contributed by atoms with Crippen LogP contribution in [0, 0.1) is 0 Å². The van der Waals surface area contributed by atoms with Gasteiger partial charge in [-0.2, -0.15) is 0 Å². The van der Waals surface area contributed by atoms with Crippen molar-refractivity contribution < 1.29 is 131 Å². The van der Waals surface area contributed by atoms with Crippen LogP contribution in [0.1, 0.15) is 0 Å². The molecule has 0 aliphatic rings. The van der Waals surface area contributed by atoms with Gasteiger partial charge in [-0.15, -0.1) is 0 Å². The van der Waals surface area contributed by atoms with Crippen molar-refractivity contribution >= 4 is 41.5 Å². The summed E-state index contributed by atoms with van der Waals surface area (Å²) in [4.78, 5) is 0. The molecule has 0 aromatic heterocycles. The smallest absolute Gasteiger partial charge is 0.214 e. The van der Waals surface area contributed by atoms with Gasteiger partial charge in [0.25, 0.3) is 0 Å². The normalized spacial score (nSPS) is 3.00. The molecule has 0 aromatic carbocycles. The molecule has 0 rings (SSSR count). The largest absolute Gasteiger partial charge is 0.643 e. The van der Waals surface area contributed by atoms with E-state index >= 15 is 0 Å². The van der Waals surface area contributed by atoms with Crippen LogP contribution in [0.3, 0.4) is 0 Å². The summed E-state index contributed by atoms with van der Waals surface area (Å²) in [5.74, 6) is 0. The molecule has 0 radical (unpaired) electrons. The van der Waals surface area contributed by atoms with Gasteiger partial charge in [-0.1, -0.05) is 0 Å². The Bertz CT molecular complexity index is 16.9. The van der Waals surface area contributed by atoms with Crippen molar-refractivity contribution in [3.05, 3.63) is 0 Å². The minimum Gasteiger partial charge on any atom is -0.214 e. The van der Waals surface area contributed by atoms with Gasteiger partial charge in [0, 0.05) is 131 Å². The minimum atomic E-state index is -1.72. The second kappa shape index (κ2) is 29.2. The van der Waals surface area contributed by atoms with Gasteiger partial charge >= 0.3 is 11.4 Å². The molecule has 0 atom stereocenters. The van der Waals surface area contributed by atoms with Gasteiger partial charge in [-0.05, 0) is 0 Å². The van der Waals surface area contributed by atoms with E-state index in [0.717, 1.165) is 0 Å². The molecule has 0 fully saturated rings. The first-order valence-corrected chi connectivity index (χ1v) is 5.89. The molecule has 0 aliphatic carbocycles. The van der Waals surface area contributed by atoms with Gasteiger partial charge in [0.2, 0.25) is 0 Å². The Kier molecular flexibility index (Phi) is 118. The molecule has 0 N–H and O–H groups in total. The fourth-order valence-electron chi connectivity index (χ4n) is 0. The van der Waals surface area contributed by atoms with Crippen LogP contribution >= 0.6 is 30.1 Å². The van der Waals surface area contributed by atoms with Gasteiger partial charge in [-0.25, -0.2) is 30.1 Å². The third kappa shape index (κ3) is 57.0. The summed E-state index contributed by atoms with van der Waals surface area (Å²) < 4.78 is 0. The van der Waals surface area contributed by atoms with E-state index in [2.05, 4.69) is 0 Å². The monoisotopic (exact) mass is 581 g/mol. The van der Waals surface area contributed by atoms with Crippen molar-refractivity contribution in [1.82, 2.24) is 0 Å². The van der Waals surface area contributed by atoms with Crippen LogP contribution in [-0.2, 0) is 131 Å². The van der Waals surface area contributed by atoms with E-state index in [0.29, 0.717) is 0 Å². The number of hydrogen-bond acceptors (Lipinski definition) is 0. The van der Waals surface area contributed by atoms with E-state index in [1.807, 2.05) is 0 Å². The first kappa shape index (κ1) is 36.4. The van der Waals surface area contributed by atoms with Crippen LogP contribution in [-0.4, -0.2) is 11.4 Å². The molecular formula is AlCl3Zr5. The summed E-state index contributed by atoms with van der Waals surface area (Å²) in [6, 6.07) is 0. The van der Waals surface area contributed by atoms with E-state index < -0.39 is 11.4 Å². The van der Waals surface area contributed by atoms with Crippen LogP contribution in [0.4, 0.5) is 0 Å². The maximum Gasteiger partial charge on any atom is 0.643 e. The second-order valence-electron chi connectivity index (χ2n) is 0.247. The van der Waals surface area contributed by atoms with Gasteiger partial charge < -0.3 is 0 Å². The molecular weight excluding hydrogens is 589 g/mol. The van der Waals surface area contributed by atoms with Gasteiger partial charge in [0.15, 0.2) is 0 Å². The molecule has 9 heteroatoms. The molecule has 0 amide bonds. The van der Waals surface area contributed by atoms with Crippen LogP contribution in [0.25, 0.3) is 0 Å². The molecule has 0 spiro atoms. The summed E-state index contributed by atoms with van der Waals surface area (Å²) >= 11 is -1.72. The topological polar surface area (TPSA) is 0 Å². The standard InChI is InChI=1S/Al.3ClH.5Zr/h;3*1H;;;;;/q+3;;;;;;;;/p-3. The van der Waals surface area contributed by atoms with Crippen molar-refractivity contribution in [1.29, 1.82) is 0 Å². The Balaban J connectivity index is -0.00000000450. The Morgan fingerprint density at radius 2 is 0.556 bits per heavy atom. The van der Waals surface area contributed by atoms with Gasteiger partial charge in [0.05, 0.1) is 0 Å². The second-order valence-corrected chi connectivity index (χ2v) is 6.68. The Hall–Kier alpha value is 5.82. The summed E-state index contributed by atoms with van der Waals surface area (Å²) in [6.45, 7) is 0. The van der Waals surface area contributed by atoms with Gasteiger partial charge in [0.1, 0.15) is 0 Å². The predicted molar refractivity (Wildman–Crippen MR) is 23.3 cm³/mol. The fourth-order valence-corrected chi connectivity index (χ4v) is 0. The zero-order valence-electron chi connectivity index (χ0n) is 4.21. The zero-order chi connectivity index (χ0) is 3.58. The fraction of sp³-hybridized carbons (Fsp3) is 0. The van der Waals surface area contributed by atoms with Crippen molar-refractivity contribution in [3.8, 4) is 0 Å². The molecule has 9 heavy (non-hydrogen) atoms. The maximum atomic E-state index is 4.94. The van der Waals surface area contributed by atoms with Gasteiger partial charge in [-0.3, -0.25) is 0 Å². The number of halogens is 3. The molecule has 0 heterocycles. The molecule has 0 bridgehead atoms. The molecule has 0 saturated heterocycles.